The molecular weight excluding hydrogens is 228 g/mol. The molecule has 0 unspecified atom stereocenters. The Hall–Kier alpha value is -1.89. The minimum absolute atomic E-state index is 0.178. The first-order valence-electron chi connectivity index (χ1n) is 4.55. The number of aromatic amines is 1. The Morgan fingerprint density at radius 2 is 2.56 bits per heavy atom. The van der Waals surface area contributed by atoms with E-state index in [2.05, 4.69) is 20.5 Å². The standard InChI is InChI=1S/C9H10N4O2S/c1-15-6-2-3-16-8(6)9(14)10-4-7-11-5-12-13-7/h2-3,5H,4H2,1H3,(H,10,14)(H,11,12,13). The van der Waals surface area contributed by atoms with Gasteiger partial charge in [0.1, 0.15) is 22.8 Å². The molecule has 0 spiro atoms. The van der Waals surface area contributed by atoms with Crippen LogP contribution in [0.3, 0.4) is 0 Å². The van der Waals surface area contributed by atoms with Crippen LogP contribution in [0.15, 0.2) is 17.8 Å². The molecule has 0 aliphatic rings. The fourth-order valence-corrected chi connectivity index (χ4v) is 1.96. The van der Waals surface area contributed by atoms with Crippen LogP contribution >= 0.6 is 11.3 Å². The van der Waals surface area contributed by atoms with E-state index < -0.39 is 0 Å². The normalized spacial score (nSPS) is 10.1. The molecule has 0 atom stereocenters. The summed E-state index contributed by atoms with van der Waals surface area (Å²) in [6, 6.07) is 1.76. The number of amides is 1. The number of thiophene rings is 1. The van der Waals surface area contributed by atoms with Gasteiger partial charge in [0.05, 0.1) is 13.7 Å². The van der Waals surface area contributed by atoms with Gasteiger partial charge >= 0.3 is 0 Å². The first-order valence-corrected chi connectivity index (χ1v) is 5.43. The molecule has 16 heavy (non-hydrogen) atoms. The lowest BCUT2D eigenvalue weighted by atomic mass is 10.4. The van der Waals surface area contributed by atoms with E-state index in [0.717, 1.165) is 0 Å². The van der Waals surface area contributed by atoms with Gasteiger partial charge in [0.2, 0.25) is 0 Å². The molecule has 2 aromatic rings. The fraction of sp³-hybridized carbons (Fsp3) is 0.222. The van der Waals surface area contributed by atoms with Gasteiger partial charge in [-0.15, -0.1) is 11.3 Å². The minimum Gasteiger partial charge on any atom is -0.495 e. The molecule has 2 aromatic heterocycles. The minimum atomic E-state index is -0.178. The number of hydrogen-bond donors (Lipinski definition) is 2. The maximum Gasteiger partial charge on any atom is 0.265 e. The van der Waals surface area contributed by atoms with Crippen molar-refractivity contribution in [2.24, 2.45) is 0 Å². The summed E-state index contributed by atoms with van der Waals surface area (Å²) in [6.07, 6.45) is 1.40. The van der Waals surface area contributed by atoms with Crippen LogP contribution in [0, 0.1) is 0 Å². The van der Waals surface area contributed by atoms with E-state index >= 15 is 0 Å². The maximum absolute atomic E-state index is 11.7. The van der Waals surface area contributed by atoms with Gasteiger partial charge in [0.15, 0.2) is 0 Å². The molecule has 0 aliphatic heterocycles. The van der Waals surface area contributed by atoms with Crippen LogP contribution in [0.4, 0.5) is 0 Å². The number of hydrogen-bond acceptors (Lipinski definition) is 5. The van der Waals surface area contributed by atoms with Crippen LogP contribution in [0.2, 0.25) is 0 Å². The third kappa shape index (κ3) is 2.19. The van der Waals surface area contributed by atoms with E-state index in [4.69, 9.17) is 4.74 Å². The highest BCUT2D eigenvalue weighted by atomic mass is 32.1. The van der Waals surface area contributed by atoms with Crippen LogP contribution in [-0.2, 0) is 6.54 Å². The van der Waals surface area contributed by atoms with Crippen LogP contribution in [0.1, 0.15) is 15.5 Å². The van der Waals surface area contributed by atoms with E-state index in [1.165, 1.54) is 24.8 Å². The summed E-state index contributed by atoms with van der Waals surface area (Å²) in [5.74, 6) is 1.02. The van der Waals surface area contributed by atoms with Gasteiger partial charge in [0.25, 0.3) is 5.91 Å². The third-order valence-corrected chi connectivity index (χ3v) is 2.83. The summed E-state index contributed by atoms with van der Waals surface area (Å²) < 4.78 is 5.06. The van der Waals surface area contributed by atoms with E-state index in [1.807, 2.05) is 5.38 Å². The second-order valence-corrected chi connectivity index (χ2v) is 3.85. The van der Waals surface area contributed by atoms with Gasteiger partial charge in [-0.25, -0.2) is 4.98 Å². The first-order chi connectivity index (χ1) is 7.81. The molecule has 0 fully saturated rings. The van der Waals surface area contributed by atoms with Crippen molar-refractivity contribution in [3.05, 3.63) is 28.5 Å². The van der Waals surface area contributed by atoms with Crippen molar-refractivity contribution in [1.82, 2.24) is 20.5 Å². The summed E-state index contributed by atoms with van der Waals surface area (Å²) in [4.78, 5) is 16.2. The Kier molecular flexibility index (Phi) is 3.16. The van der Waals surface area contributed by atoms with E-state index in [0.29, 0.717) is 23.0 Å². The Balaban J connectivity index is 1.98. The monoisotopic (exact) mass is 238 g/mol. The highest BCUT2D eigenvalue weighted by molar-refractivity contribution is 7.12. The van der Waals surface area contributed by atoms with Crippen LogP contribution in [0.5, 0.6) is 5.75 Å². The maximum atomic E-state index is 11.7. The van der Waals surface area contributed by atoms with Crippen molar-refractivity contribution in [1.29, 1.82) is 0 Å². The summed E-state index contributed by atoms with van der Waals surface area (Å²) in [5, 5.41) is 10.9. The highest BCUT2D eigenvalue weighted by Gasteiger charge is 2.13. The van der Waals surface area contributed by atoms with E-state index in [-0.39, 0.29) is 5.91 Å². The topological polar surface area (TPSA) is 79.9 Å². The van der Waals surface area contributed by atoms with Crippen LogP contribution in [-0.4, -0.2) is 28.2 Å². The largest absolute Gasteiger partial charge is 0.495 e. The van der Waals surface area contributed by atoms with Gasteiger partial charge < -0.3 is 10.1 Å². The van der Waals surface area contributed by atoms with Crippen molar-refractivity contribution in [3.8, 4) is 5.75 Å². The summed E-state index contributed by atoms with van der Waals surface area (Å²) >= 11 is 1.34. The molecule has 0 radical (unpaired) electrons. The molecule has 1 amide bonds. The Morgan fingerprint density at radius 1 is 1.69 bits per heavy atom. The van der Waals surface area contributed by atoms with Crippen LogP contribution < -0.4 is 10.1 Å². The SMILES string of the molecule is COc1ccsc1C(=O)NCc1ncn[nH]1. The number of carbonyl (C=O) groups is 1. The zero-order valence-corrected chi connectivity index (χ0v) is 9.37. The molecule has 0 bridgehead atoms. The lowest BCUT2D eigenvalue weighted by Gasteiger charge is -2.03. The molecule has 2 heterocycles. The number of H-pyrrole nitrogens is 1. The Labute approximate surface area is 95.7 Å². The third-order valence-electron chi connectivity index (χ3n) is 1.94. The van der Waals surface area contributed by atoms with Gasteiger partial charge in [-0.2, -0.15) is 5.10 Å². The van der Waals surface area contributed by atoms with Gasteiger partial charge in [-0.1, -0.05) is 0 Å². The predicted molar refractivity (Wildman–Crippen MR) is 58.4 cm³/mol. The predicted octanol–water partition coefficient (Wildman–Crippen LogP) is 0.805. The Morgan fingerprint density at radius 3 is 3.25 bits per heavy atom. The van der Waals surface area contributed by atoms with Gasteiger partial charge in [-0.3, -0.25) is 9.89 Å². The number of ether oxygens (including phenoxy) is 1. The average Bonchev–Trinajstić information content (AvgIpc) is 2.96. The number of aromatic nitrogens is 3. The molecule has 2 N–H and O–H groups in total. The first kappa shape index (κ1) is 10.6. The average molecular weight is 238 g/mol. The van der Waals surface area contributed by atoms with Crippen molar-refractivity contribution >= 4 is 17.2 Å². The van der Waals surface area contributed by atoms with Crippen molar-refractivity contribution in [3.63, 3.8) is 0 Å². The summed E-state index contributed by atoms with van der Waals surface area (Å²) in [7, 11) is 1.54. The van der Waals surface area contributed by atoms with Crippen molar-refractivity contribution < 1.29 is 9.53 Å². The lowest BCUT2D eigenvalue weighted by Crippen LogP contribution is -2.22. The van der Waals surface area contributed by atoms with Crippen molar-refractivity contribution in [2.75, 3.05) is 7.11 Å². The molecule has 2 rings (SSSR count). The Bertz CT molecular complexity index is 466. The summed E-state index contributed by atoms with van der Waals surface area (Å²) in [5.41, 5.74) is 0. The molecule has 0 saturated carbocycles. The van der Waals surface area contributed by atoms with Crippen molar-refractivity contribution in [2.45, 2.75) is 6.54 Å². The number of methoxy groups -OCH3 is 1. The molecule has 84 valence electrons. The number of carbonyl (C=O) groups excluding carboxylic acids is 1. The zero-order valence-electron chi connectivity index (χ0n) is 8.56. The quantitative estimate of drug-likeness (QED) is 0.825. The molecular formula is C9H10N4O2S. The summed E-state index contributed by atoms with van der Waals surface area (Å²) in [6.45, 7) is 0.319. The molecule has 0 saturated heterocycles. The molecule has 0 aliphatic carbocycles. The van der Waals surface area contributed by atoms with Crippen LogP contribution in [0.25, 0.3) is 0 Å². The molecule has 7 heteroatoms. The van der Waals surface area contributed by atoms with Gasteiger partial charge in [-0.05, 0) is 11.4 Å². The molecule has 6 nitrogen and oxygen atoms in total. The van der Waals surface area contributed by atoms with E-state index in [1.54, 1.807) is 6.07 Å². The lowest BCUT2D eigenvalue weighted by molar-refractivity contribution is 0.0951. The van der Waals surface area contributed by atoms with E-state index in [9.17, 15) is 4.79 Å². The van der Waals surface area contributed by atoms with Gasteiger partial charge in [0, 0.05) is 0 Å². The molecule has 0 aromatic carbocycles. The smallest absolute Gasteiger partial charge is 0.265 e. The zero-order chi connectivity index (χ0) is 11.4. The highest BCUT2D eigenvalue weighted by Crippen LogP contribution is 2.23. The number of nitrogens with zero attached hydrogens (tertiary/aromatic N) is 2. The number of rotatable bonds is 4. The second-order valence-electron chi connectivity index (χ2n) is 2.93. The number of nitrogens with one attached hydrogen (secondary N) is 2. The fourth-order valence-electron chi connectivity index (χ4n) is 1.18. The second kappa shape index (κ2) is 4.75.